The second-order valence-electron chi connectivity index (χ2n) is 4.70. The molecule has 8 nitrogen and oxygen atoms in total. The van der Waals surface area contributed by atoms with Gasteiger partial charge in [0.15, 0.2) is 0 Å². The van der Waals surface area contributed by atoms with E-state index >= 15 is 0 Å². The van der Waals surface area contributed by atoms with Crippen LogP contribution in [-0.4, -0.2) is 42.4 Å². The Labute approximate surface area is 145 Å². The number of rotatable bonds is 6. The van der Waals surface area contributed by atoms with E-state index in [-0.39, 0.29) is 5.82 Å². The Morgan fingerprint density at radius 2 is 1.88 bits per heavy atom. The number of nitrogens with zero attached hydrogens (tertiary/aromatic N) is 2. The summed E-state index contributed by atoms with van der Waals surface area (Å²) in [5.41, 5.74) is 1.09. The monoisotopic (exact) mass is 348 g/mol. The van der Waals surface area contributed by atoms with Gasteiger partial charge in [0, 0.05) is 20.1 Å². The number of esters is 2. The van der Waals surface area contributed by atoms with Crippen molar-refractivity contribution in [2.24, 2.45) is 0 Å². The van der Waals surface area contributed by atoms with Crippen molar-refractivity contribution in [3.63, 3.8) is 0 Å². The molecule has 0 saturated heterocycles. The number of methoxy groups -OCH3 is 1. The molecule has 0 atom stereocenters. The second-order valence-corrected chi connectivity index (χ2v) is 4.70. The summed E-state index contributed by atoms with van der Waals surface area (Å²) in [6.07, 6.45) is 1.12. The van der Waals surface area contributed by atoms with E-state index in [0.29, 0.717) is 24.9 Å². The highest BCUT2D eigenvalue weighted by Crippen LogP contribution is 2.12. The summed E-state index contributed by atoms with van der Waals surface area (Å²) in [6.45, 7) is 7.51. The first kappa shape index (κ1) is 20.0. The minimum atomic E-state index is -0.624. The molecule has 0 amide bonds. The molecule has 0 bridgehead atoms. The molecule has 25 heavy (non-hydrogen) atoms. The van der Waals surface area contributed by atoms with Crippen LogP contribution in [0.5, 0.6) is 5.75 Å². The third kappa shape index (κ3) is 7.89. The molecule has 2 aromatic rings. The molecule has 8 heteroatoms. The minimum Gasteiger partial charge on any atom is -0.460 e. The fourth-order valence-electron chi connectivity index (χ4n) is 1.43. The Bertz CT molecular complexity index is 693. The number of aromatic nitrogens is 2. The fraction of sp³-hybridized carbons (Fsp3) is 0.294. The van der Waals surface area contributed by atoms with E-state index in [0.717, 1.165) is 11.6 Å². The van der Waals surface area contributed by atoms with E-state index in [1.54, 1.807) is 26.2 Å². The highest BCUT2D eigenvalue weighted by Gasteiger charge is 2.15. The Kier molecular flexibility index (Phi) is 8.59. The van der Waals surface area contributed by atoms with Crippen molar-refractivity contribution in [3.05, 3.63) is 54.2 Å². The van der Waals surface area contributed by atoms with Crippen LogP contribution >= 0.6 is 0 Å². The number of ether oxygens (including phenoxy) is 3. The molecule has 0 spiro atoms. The van der Waals surface area contributed by atoms with Crippen molar-refractivity contribution in [1.29, 1.82) is 0 Å². The van der Waals surface area contributed by atoms with Gasteiger partial charge >= 0.3 is 11.9 Å². The van der Waals surface area contributed by atoms with Gasteiger partial charge in [0.05, 0.1) is 6.61 Å². The summed E-state index contributed by atoms with van der Waals surface area (Å²) in [5.74, 6) is -0.320. The number of hydrogen-bond acceptors (Lipinski definition) is 8. The molecule has 134 valence electrons. The normalized spacial score (nSPS) is 9.56. The standard InChI is InChI=1S/C11H10N2O3.C6H10O3/c1-7-3-5-9(6-4-7)15-11(14)10-12-8(2)16-13-10;1-3-6(7)9-5-4-8-2/h3-6H,1-2H3;3H,1,4-5H2,2H3. The van der Waals surface area contributed by atoms with Gasteiger partial charge in [-0.25, -0.2) is 9.59 Å². The zero-order valence-electron chi connectivity index (χ0n) is 14.4. The Morgan fingerprint density at radius 1 is 1.20 bits per heavy atom. The summed E-state index contributed by atoms with van der Waals surface area (Å²) in [6, 6.07) is 7.12. The zero-order chi connectivity index (χ0) is 18.7. The van der Waals surface area contributed by atoms with Crippen molar-refractivity contribution in [2.45, 2.75) is 13.8 Å². The molecule has 2 rings (SSSR count). The predicted octanol–water partition coefficient (Wildman–Crippen LogP) is 2.27. The lowest BCUT2D eigenvalue weighted by molar-refractivity contribution is -0.138. The molecule has 1 aromatic heterocycles. The SMILES string of the molecule is C=CC(=O)OCCOC.Cc1ccc(OC(=O)c2noc(C)n2)cc1. The molecule has 0 aliphatic heterocycles. The van der Waals surface area contributed by atoms with Crippen LogP contribution in [0.25, 0.3) is 0 Å². The first-order valence-electron chi connectivity index (χ1n) is 7.33. The van der Waals surface area contributed by atoms with Crippen LogP contribution in [0.3, 0.4) is 0 Å². The summed E-state index contributed by atoms with van der Waals surface area (Å²) < 4.78 is 18.9. The van der Waals surface area contributed by atoms with Gasteiger partial charge in [0.25, 0.3) is 5.82 Å². The van der Waals surface area contributed by atoms with Crippen molar-refractivity contribution in [1.82, 2.24) is 10.1 Å². The van der Waals surface area contributed by atoms with Gasteiger partial charge < -0.3 is 18.7 Å². The van der Waals surface area contributed by atoms with E-state index in [4.69, 9.17) is 4.74 Å². The Balaban J connectivity index is 0.000000299. The zero-order valence-corrected chi connectivity index (χ0v) is 14.4. The maximum absolute atomic E-state index is 11.5. The molecule has 0 aliphatic carbocycles. The average molecular weight is 348 g/mol. The molecular weight excluding hydrogens is 328 g/mol. The van der Waals surface area contributed by atoms with Gasteiger partial charge in [0.2, 0.25) is 5.89 Å². The van der Waals surface area contributed by atoms with Gasteiger partial charge in [-0.3, -0.25) is 0 Å². The molecular formula is C17H20N2O6. The minimum absolute atomic E-state index is 0.0712. The lowest BCUT2D eigenvalue weighted by Crippen LogP contribution is -2.10. The highest BCUT2D eigenvalue weighted by molar-refractivity contribution is 5.86. The third-order valence-electron chi connectivity index (χ3n) is 2.64. The van der Waals surface area contributed by atoms with Crippen LogP contribution in [0, 0.1) is 13.8 Å². The molecule has 1 heterocycles. The van der Waals surface area contributed by atoms with Crippen LogP contribution in [0.4, 0.5) is 0 Å². The van der Waals surface area contributed by atoms with Crippen molar-refractivity contribution >= 4 is 11.9 Å². The van der Waals surface area contributed by atoms with Gasteiger partial charge in [0.1, 0.15) is 12.4 Å². The van der Waals surface area contributed by atoms with E-state index in [1.165, 1.54) is 0 Å². The van der Waals surface area contributed by atoms with Crippen LogP contribution in [-0.2, 0) is 14.3 Å². The lowest BCUT2D eigenvalue weighted by atomic mass is 10.2. The Morgan fingerprint density at radius 3 is 2.40 bits per heavy atom. The van der Waals surface area contributed by atoms with Gasteiger partial charge in [-0.1, -0.05) is 24.3 Å². The average Bonchev–Trinajstić information content (AvgIpc) is 3.04. The third-order valence-corrected chi connectivity index (χ3v) is 2.64. The highest BCUT2D eigenvalue weighted by atomic mass is 16.6. The molecule has 0 radical (unpaired) electrons. The van der Waals surface area contributed by atoms with Crippen molar-refractivity contribution in [2.75, 3.05) is 20.3 Å². The van der Waals surface area contributed by atoms with Crippen LogP contribution < -0.4 is 4.74 Å². The molecule has 0 N–H and O–H groups in total. The van der Waals surface area contributed by atoms with Crippen molar-refractivity contribution in [3.8, 4) is 5.75 Å². The quantitative estimate of drug-likeness (QED) is 0.339. The summed E-state index contributed by atoms with van der Waals surface area (Å²) >= 11 is 0. The maximum Gasteiger partial charge on any atom is 0.385 e. The summed E-state index contributed by atoms with van der Waals surface area (Å²) in [7, 11) is 1.54. The number of benzene rings is 1. The predicted molar refractivity (Wildman–Crippen MR) is 88.2 cm³/mol. The molecule has 0 fully saturated rings. The van der Waals surface area contributed by atoms with E-state index in [2.05, 4.69) is 30.7 Å². The first-order chi connectivity index (χ1) is 12.0. The number of carbonyl (C=O) groups excluding carboxylic acids is 2. The van der Waals surface area contributed by atoms with E-state index < -0.39 is 11.9 Å². The Hall–Kier alpha value is -3.00. The summed E-state index contributed by atoms with van der Waals surface area (Å²) in [4.78, 5) is 25.6. The topological polar surface area (TPSA) is 101 Å². The van der Waals surface area contributed by atoms with E-state index in [9.17, 15) is 9.59 Å². The fourth-order valence-corrected chi connectivity index (χ4v) is 1.43. The van der Waals surface area contributed by atoms with Gasteiger partial charge in [-0.2, -0.15) is 4.98 Å². The number of carbonyl (C=O) groups is 2. The number of hydrogen-bond donors (Lipinski definition) is 0. The first-order valence-corrected chi connectivity index (χ1v) is 7.33. The van der Waals surface area contributed by atoms with E-state index in [1.807, 2.05) is 19.1 Å². The largest absolute Gasteiger partial charge is 0.460 e. The molecule has 1 aromatic carbocycles. The molecule has 0 aliphatic rings. The van der Waals surface area contributed by atoms with Crippen molar-refractivity contribution < 1.29 is 28.3 Å². The van der Waals surface area contributed by atoms with Gasteiger partial charge in [-0.15, -0.1) is 0 Å². The molecule has 0 saturated carbocycles. The second kappa shape index (κ2) is 10.7. The van der Waals surface area contributed by atoms with Crippen LogP contribution in [0.2, 0.25) is 0 Å². The molecule has 0 unspecified atom stereocenters. The van der Waals surface area contributed by atoms with Gasteiger partial charge in [-0.05, 0) is 24.2 Å². The van der Waals surface area contributed by atoms with Crippen LogP contribution in [0.15, 0.2) is 41.4 Å². The number of aryl methyl sites for hydroxylation is 2. The van der Waals surface area contributed by atoms with Crippen LogP contribution in [0.1, 0.15) is 22.1 Å². The summed E-state index contributed by atoms with van der Waals surface area (Å²) in [5, 5.41) is 3.47. The lowest BCUT2D eigenvalue weighted by Gasteiger charge is -2.00. The maximum atomic E-state index is 11.5. The smallest absolute Gasteiger partial charge is 0.385 e.